The van der Waals surface area contributed by atoms with Crippen molar-refractivity contribution in [2.45, 2.75) is 38.8 Å². The second-order valence-corrected chi connectivity index (χ2v) is 4.49. The van der Waals surface area contributed by atoms with Gasteiger partial charge in [-0.15, -0.1) is 0 Å². The van der Waals surface area contributed by atoms with Crippen LogP contribution in [0.2, 0.25) is 0 Å². The first-order valence-corrected chi connectivity index (χ1v) is 5.48. The Hall–Kier alpha value is -0.650. The summed E-state index contributed by atoms with van der Waals surface area (Å²) in [5.74, 6) is 5.19. The highest BCUT2D eigenvalue weighted by Gasteiger charge is 2.31. The maximum Gasteiger partial charge on any atom is 0.251 e. The summed E-state index contributed by atoms with van der Waals surface area (Å²) in [5, 5.41) is 9.56. The van der Waals surface area contributed by atoms with Crippen LogP contribution in [0.4, 0.5) is 0 Å². The predicted octanol–water partition coefficient (Wildman–Crippen LogP) is -0.542. The van der Waals surface area contributed by atoms with Crippen LogP contribution in [-0.2, 0) is 4.79 Å². The number of hydrogen-bond donors (Lipinski definition) is 3. The van der Waals surface area contributed by atoms with Crippen LogP contribution in [0.5, 0.6) is 0 Å². The van der Waals surface area contributed by atoms with Crippen molar-refractivity contribution in [1.29, 1.82) is 0 Å². The summed E-state index contributed by atoms with van der Waals surface area (Å²) in [6.45, 7) is 5.39. The van der Waals surface area contributed by atoms with Gasteiger partial charge in [-0.05, 0) is 25.3 Å². The molecule has 2 atom stereocenters. The molecule has 1 saturated heterocycles. The Bertz CT molecular complexity index is 221. The topological polar surface area (TPSA) is 78.6 Å². The Labute approximate surface area is 90.6 Å². The molecule has 5 nitrogen and oxygen atoms in total. The minimum Gasteiger partial charge on any atom is -0.392 e. The van der Waals surface area contributed by atoms with E-state index in [1.807, 2.05) is 18.7 Å². The van der Waals surface area contributed by atoms with Crippen molar-refractivity contribution in [2.75, 3.05) is 13.1 Å². The van der Waals surface area contributed by atoms with Gasteiger partial charge in [0.05, 0.1) is 12.1 Å². The number of nitrogens with one attached hydrogen (secondary N) is 1. The summed E-state index contributed by atoms with van der Waals surface area (Å²) in [7, 11) is 0. The van der Waals surface area contributed by atoms with Crippen LogP contribution in [0, 0.1) is 5.92 Å². The lowest BCUT2D eigenvalue weighted by Gasteiger charge is -2.37. The van der Waals surface area contributed by atoms with E-state index in [0.29, 0.717) is 6.54 Å². The number of β-amino-alcohol motifs (C(OH)–C–C–N with tert-alkyl or cyclic N) is 1. The van der Waals surface area contributed by atoms with Gasteiger partial charge in [-0.2, -0.15) is 0 Å². The molecule has 2 unspecified atom stereocenters. The summed E-state index contributed by atoms with van der Waals surface area (Å²) >= 11 is 0. The molecule has 0 aromatic rings. The van der Waals surface area contributed by atoms with Gasteiger partial charge >= 0.3 is 0 Å². The lowest BCUT2D eigenvalue weighted by molar-refractivity contribution is -0.129. The zero-order chi connectivity index (χ0) is 11.4. The normalized spacial score (nSPS) is 25.3. The third-order valence-electron chi connectivity index (χ3n) is 2.86. The Kier molecular flexibility index (Phi) is 4.50. The number of carbonyl (C=O) groups is 1. The monoisotopic (exact) mass is 215 g/mol. The number of amides is 1. The number of hydrogen-bond acceptors (Lipinski definition) is 4. The number of rotatable bonds is 3. The maximum absolute atomic E-state index is 11.6. The van der Waals surface area contributed by atoms with E-state index in [9.17, 15) is 9.90 Å². The van der Waals surface area contributed by atoms with Crippen molar-refractivity contribution in [3.8, 4) is 0 Å². The van der Waals surface area contributed by atoms with Crippen molar-refractivity contribution in [2.24, 2.45) is 11.8 Å². The second-order valence-electron chi connectivity index (χ2n) is 4.49. The Morgan fingerprint density at radius 1 is 1.60 bits per heavy atom. The highest BCUT2D eigenvalue weighted by atomic mass is 16.3. The van der Waals surface area contributed by atoms with E-state index in [0.717, 1.165) is 19.4 Å². The molecule has 4 N–H and O–H groups in total. The zero-order valence-electron chi connectivity index (χ0n) is 9.44. The van der Waals surface area contributed by atoms with Gasteiger partial charge in [-0.1, -0.05) is 13.8 Å². The van der Waals surface area contributed by atoms with E-state index in [2.05, 4.69) is 5.43 Å². The average molecular weight is 215 g/mol. The molecule has 0 aliphatic carbocycles. The van der Waals surface area contributed by atoms with Crippen LogP contribution in [0.15, 0.2) is 0 Å². The lowest BCUT2D eigenvalue weighted by atomic mass is 9.98. The Balaban J connectivity index is 2.66. The van der Waals surface area contributed by atoms with Crippen molar-refractivity contribution < 1.29 is 9.90 Å². The van der Waals surface area contributed by atoms with E-state index in [-0.39, 0.29) is 24.0 Å². The predicted molar refractivity (Wildman–Crippen MR) is 57.8 cm³/mol. The molecule has 1 aliphatic rings. The van der Waals surface area contributed by atoms with Crippen LogP contribution in [0.1, 0.15) is 26.7 Å². The molecule has 1 aliphatic heterocycles. The Morgan fingerprint density at radius 2 is 2.27 bits per heavy atom. The first kappa shape index (κ1) is 12.4. The summed E-state index contributed by atoms with van der Waals surface area (Å²) in [6.07, 6.45) is 1.44. The first-order valence-electron chi connectivity index (χ1n) is 5.48. The SMILES string of the molecule is CC(C)C(C(=O)NN)N1CCCC(O)C1. The molecule has 0 radical (unpaired) electrons. The molecule has 1 rings (SSSR count). The van der Waals surface area contributed by atoms with E-state index >= 15 is 0 Å². The van der Waals surface area contributed by atoms with Gasteiger partial charge in [0.15, 0.2) is 0 Å². The van der Waals surface area contributed by atoms with Gasteiger partial charge in [0.2, 0.25) is 0 Å². The van der Waals surface area contributed by atoms with E-state index in [1.165, 1.54) is 0 Å². The number of likely N-dealkylation sites (tertiary alicyclic amines) is 1. The third kappa shape index (κ3) is 3.15. The summed E-state index contributed by atoms with van der Waals surface area (Å²) in [4.78, 5) is 13.6. The summed E-state index contributed by atoms with van der Waals surface area (Å²) in [5.41, 5.74) is 2.20. The number of nitrogens with two attached hydrogens (primary N) is 1. The fourth-order valence-corrected chi connectivity index (χ4v) is 2.21. The minimum absolute atomic E-state index is 0.167. The smallest absolute Gasteiger partial charge is 0.251 e. The summed E-state index contributed by atoms with van der Waals surface area (Å²) < 4.78 is 0. The molecule has 88 valence electrons. The van der Waals surface area contributed by atoms with Crippen molar-refractivity contribution in [3.05, 3.63) is 0 Å². The molecule has 1 heterocycles. The number of hydrazine groups is 1. The number of nitrogens with zero attached hydrogens (tertiary/aromatic N) is 1. The minimum atomic E-state index is -0.314. The fraction of sp³-hybridized carbons (Fsp3) is 0.900. The number of aliphatic hydroxyl groups is 1. The molecule has 0 aromatic heterocycles. The van der Waals surface area contributed by atoms with Gasteiger partial charge in [-0.3, -0.25) is 15.1 Å². The molecule has 5 heteroatoms. The van der Waals surface area contributed by atoms with Crippen molar-refractivity contribution >= 4 is 5.91 Å². The second kappa shape index (κ2) is 5.44. The zero-order valence-corrected chi connectivity index (χ0v) is 9.44. The molecule has 15 heavy (non-hydrogen) atoms. The van der Waals surface area contributed by atoms with E-state index in [4.69, 9.17) is 5.84 Å². The quantitative estimate of drug-likeness (QED) is 0.335. The number of carbonyl (C=O) groups excluding carboxylic acids is 1. The van der Waals surface area contributed by atoms with E-state index in [1.54, 1.807) is 0 Å². The highest BCUT2D eigenvalue weighted by molar-refractivity contribution is 5.81. The molecule has 0 aromatic carbocycles. The van der Waals surface area contributed by atoms with Gasteiger partial charge < -0.3 is 5.11 Å². The number of aliphatic hydroxyl groups excluding tert-OH is 1. The van der Waals surface area contributed by atoms with Crippen LogP contribution >= 0.6 is 0 Å². The average Bonchev–Trinajstić information content (AvgIpc) is 2.17. The molecule has 0 spiro atoms. The molecule has 0 saturated carbocycles. The van der Waals surface area contributed by atoms with Crippen LogP contribution in [0.3, 0.4) is 0 Å². The Morgan fingerprint density at radius 3 is 2.73 bits per heavy atom. The van der Waals surface area contributed by atoms with Gasteiger partial charge in [-0.25, -0.2) is 5.84 Å². The van der Waals surface area contributed by atoms with Crippen LogP contribution in [0.25, 0.3) is 0 Å². The highest BCUT2D eigenvalue weighted by Crippen LogP contribution is 2.17. The van der Waals surface area contributed by atoms with Crippen LogP contribution in [-0.4, -0.2) is 41.1 Å². The molecular weight excluding hydrogens is 194 g/mol. The third-order valence-corrected chi connectivity index (χ3v) is 2.86. The van der Waals surface area contributed by atoms with Crippen molar-refractivity contribution in [1.82, 2.24) is 10.3 Å². The standard InChI is InChI=1S/C10H21N3O2/c1-7(2)9(10(15)12-11)13-5-3-4-8(14)6-13/h7-9,14H,3-6,11H2,1-2H3,(H,12,15). The summed E-state index contributed by atoms with van der Waals surface area (Å²) in [6, 6.07) is -0.232. The van der Waals surface area contributed by atoms with Gasteiger partial charge in [0.1, 0.15) is 0 Å². The fourth-order valence-electron chi connectivity index (χ4n) is 2.21. The molecule has 1 fully saturated rings. The largest absolute Gasteiger partial charge is 0.392 e. The maximum atomic E-state index is 11.6. The van der Waals surface area contributed by atoms with E-state index < -0.39 is 0 Å². The lowest BCUT2D eigenvalue weighted by Crippen LogP contribution is -2.55. The van der Waals surface area contributed by atoms with Gasteiger partial charge in [0, 0.05) is 6.54 Å². The molecule has 1 amide bonds. The molecule has 0 bridgehead atoms. The number of piperidine rings is 1. The van der Waals surface area contributed by atoms with Crippen molar-refractivity contribution in [3.63, 3.8) is 0 Å². The van der Waals surface area contributed by atoms with Gasteiger partial charge in [0.25, 0.3) is 5.91 Å². The van der Waals surface area contributed by atoms with Crippen LogP contribution < -0.4 is 11.3 Å². The molecular formula is C10H21N3O2. The first-order chi connectivity index (χ1) is 7.06.